The molecule has 2 saturated carbocycles. The summed E-state index contributed by atoms with van der Waals surface area (Å²) in [5.41, 5.74) is 1.18. The molecule has 0 spiro atoms. The zero-order chi connectivity index (χ0) is 10.6. The maximum absolute atomic E-state index is 11.4. The Labute approximate surface area is 86.7 Å². The van der Waals surface area contributed by atoms with E-state index < -0.39 is 0 Å². The summed E-state index contributed by atoms with van der Waals surface area (Å²) in [5, 5.41) is 0. The first-order valence-corrected chi connectivity index (χ1v) is 5.71. The molecule has 0 aromatic heterocycles. The molecule has 14 heavy (non-hydrogen) atoms. The molecule has 2 aliphatic carbocycles. The minimum absolute atomic E-state index is 0.288. The molecule has 0 bridgehead atoms. The van der Waals surface area contributed by atoms with E-state index in [1.807, 2.05) is 18.9 Å². The smallest absolute Gasteiger partial charge is 0.222 e. The van der Waals surface area contributed by atoms with E-state index in [4.69, 9.17) is 0 Å². The third kappa shape index (κ3) is 1.12. The van der Waals surface area contributed by atoms with Crippen LogP contribution in [0.2, 0.25) is 0 Å². The van der Waals surface area contributed by atoms with E-state index in [1.54, 1.807) is 0 Å². The predicted octanol–water partition coefficient (Wildman–Crippen LogP) is 2.29. The lowest BCUT2D eigenvalue weighted by Gasteiger charge is -2.17. The van der Waals surface area contributed by atoms with Crippen LogP contribution in [0, 0.1) is 16.7 Å². The monoisotopic (exact) mass is 195 g/mol. The fourth-order valence-electron chi connectivity index (χ4n) is 3.17. The lowest BCUT2D eigenvalue weighted by molar-refractivity contribution is -0.130. The highest BCUT2D eigenvalue weighted by atomic mass is 16.2. The summed E-state index contributed by atoms with van der Waals surface area (Å²) in [6, 6.07) is 0. The van der Waals surface area contributed by atoms with Crippen LogP contribution < -0.4 is 0 Å². The highest BCUT2D eigenvalue weighted by Crippen LogP contribution is 2.88. The first kappa shape index (κ1) is 10.0. The van der Waals surface area contributed by atoms with Crippen LogP contribution in [-0.4, -0.2) is 24.4 Å². The van der Waals surface area contributed by atoms with Crippen LogP contribution in [0.15, 0.2) is 0 Å². The van der Waals surface area contributed by atoms with Crippen molar-refractivity contribution in [3.05, 3.63) is 0 Å². The molecule has 80 valence electrons. The fraction of sp³-hybridized carbons (Fsp3) is 0.917. The number of carbonyl (C=O) groups is 1. The van der Waals surface area contributed by atoms with Gasteiger partial charge in [0.1, 0.15) is 0 Å². The number of fused-ring (bicyclic) bond motifs is 1. The van der Waals surface area contributed by atoms with Crippen LogP contribution in [0.5, 0.6) is 0 Å². The Morgan fingerprint density at radius 2 is 2.00 bits per heavy atom. The van der Waals surface area contributed by atoms with Gasteiger partial charge in [-0.05, 0) is 29.6 Å². The number of nitrogens with zero attached hydrogens (tertiary/aromatic N) is 1. The second-order valence-electron chi connectivity index (χ2n) is 5.55. The van der Waals surface area contributed by atoms with E-state index >= 15 is 0 Å². The molecule has 0 aliphatic heterocycles. The van der Waals surface area contributed by atoms with Gasteiger partial charge in [0.15, 0.2) is 0 Å². The topological polar surface area (TPSA) is 20.3 Å². The average molecular weight is 195 g/mol. The zero-order valence-corrected chi connectivity index (χ0v) is 9.76. The van der Waals surface area contributed by atoms with E-state index in [1.165, 1.54) is 12.8 Å². The van der Waals surface area contributed by atoms with Crippen molar-refractivity contribution < 1.29 is 4.79 Å². The highest BCUT2D eigenvalue weighted by molar-refractivity contribution is 5.75. The number of rotatable bonds is 4. The second kappa shape index (κ2) is 2.74. The van der Waals surface area contributed by atoms with E-state index in [0.29, 0.717) is 17.3 Å². The van der Waals surface area contributed by atoms with E-state index in [-0.39, 0.29) is 5.91 Å². The molecule has 0 atom stereocenters. The Bertz CT molecular complexity index is 263. The van der Waals surface area contributed by atoms with Gasteiger partial charge >= 0.3 is 0 Å². The lowest BCUT2D eigenvalue weighted by atomic mass is 10.0. The third-order valence-corrected chi connectivity index (χ3v) is 4.49. The molecule has 2 heteroatoms. The number of hydrogen-bond acceptors (Lipinski definition) is 1. The van der Waals surface area contributed by atoms with Crippen molar-refractivity contribution in [3.8, 4) is 0 Å². The summed E-state index contributed by atoms with van der Waals surface area (Å²) in [6.07, 6.45) is 3.36. The molecular formula is C12H21NO. The maximum Gasteiger partial charge on any atom is 0.222 e. The molecule has 0 aromatic carbocycles. The van der Waals surface area contributed by atoms with Gasteiger partial charge in [0.2, 0.25) is 5.91 Å². The van der Waals surface area contributed by atoms with Crippen molar-refractivity contribution in [2.45, 2.75) is 40.0 Å². The van der Waals surface area contributed by atoms with Crippen molar-refractivity contribution in [2.24, 2.45) is 16.7 Å². The molecule has 2 nitrogen and oxygen atoms in total. The van der Waals surface area contributed by atoms with Crippen molar-refractivity contribution in [1.82, 2.24) is 4.90 Å². The first-order chi connectivity index (χ1) is 6.47. The first-order valence-electron chi connectivity index (χ1n) is 5.71. The van der Waals surface area contributed by atoms with Crippen LogP contribution in [0.4, 0.5) is 0 Å². The standard InChI is InChI=1S/C12H21NO/c1-5-10(14)13(4)8-11-6-12(11,7-11)9(2)3/h9H,5-8H2,1-4H3. The van der Waals surface area contributed by atoms with Gasteiger partial charge in [-0.3, -0.25) is 4.79 Å². The maximum atomic E-state index is 11.4. The quantitative estimate of drug-likeness (QED) is 0.674. The van der Waals surface area contributed by atoms with Crippen LogP contribution in [0.3, 0.4) is 0 Å². The molecule has 0 saturated heterocycles. The molecule has 2 rings (SSSR count). The molecule has 0 unspecified atom stereocenters. The predicted molar refractivity (Wildman–Crippen MR) is 56.9 cm³/mol. The molecule has 0 aromatic rings. The molecule has 2 aliphatic rings. The van der Waals surface area contributed by atoms with Gasteiger partial charge in [0.25, 0.3) is 0 Å². The summed E-state index contributed by atoms with van der Waals surface area (Å²) in [5.74, 6) is 1.09. The van der Waals surface area contributed by atoms with Gasteiger partial charge in [-0.2, -0.15) is 0 Å². The molecule has 2 fully saturated rings. The average Bonchev–Trinajstić information content (AvgIpc) is 2.88. The molecule has 1 amide bonds. The summed E-state index contributed by atoms with van der Waals surface area (Å²) in [4.78, 5) is 13.4. The van der Waals surface area contributed by atoms with E-state index in [0.717, 1.165) is 12.5 Å². The van der Waals surface area contributed by atoms with Crippen molar-refractivity contribution >= 4 is 5.91 Å². The summed E-state index contributed by atoms with van der Waals surface area (Å²) >= 11 is 0. The van der Waals surface area contributed by atoms with Gasteiger partial charge in [-0.1, -0.05) is 20.8 Å². The van der Waals surface area contributed by atoms with E-state index in [2.05, 4.69) is 13.8 Å². The van der Waals surface area contributed by atoms with Crippen molar-refractivity contribution in [1.29, 1.82) is 0 Å². The van der Waals surface area contributed by atoms with Crippen LogP contribution in [-0.2, 0) is 4.79 Å². The third-order valence-electron chi connectivity index (χ3n) is 4.49. The molecule has 0 heterocycles. The Hall–Kier alpha value is -0.530. The molecule has 0 radical (unpaired) electrons. The van der Waals surface area contributed by atoms with Crippen LogP contribution in [0.1, 0.15) is 40.0 Å². The largest absolute Gasteiger partial charge is 0.345 e. The summed E-state index contributed by atoms with van der Waals surface area (Å²) in [6.45, 7) is 7.57. The molecular weight excluding hydrogens is 174 g/mol. The van der Waals surface area contributed by atoms with Gasteiger partial charge in [-0.25, -0.2) is 0 Å². The summed E-state index contributed by atoms with van der Waals surface area (Å²) < 4.78 is 0. The van der Waals surface area contributed by atoms with Gasteiger partial charge in [-0.15, -0.1) is 0 Å². The highest BCUT2D eigenvalue weighted by Gasteiger charge is 2.83. The summed E-state index contributed by atoms with van der Waals surface area (Å²) in [7, 11) is 1.95. The number of carbonyl (C=O) groups excluding carboxylic acids is 1. The fourth-order valence-corrected chi connectivity index (χ4v) is 3.17. The zero-order valence-electron chi connectivity index (χ0n) is 9.76. The van der Waals surface area contributed by atoms with Gasteiger partial charge in [0, 0.05) is 20.0 Å². The van der Waals surface area contributed by atoms with Gasteiger partial charge < -0.3 is 4.90 Å². The Morgan fingerprint density at radius 3 is 2.36 bits per heavy atom. The minimum Gasteiger partial charge on any atom is -0.345 e. The SMILES string of the molecule is CCC(=O)N(C)CC12CC1(C(C)C)C2. The Morgan fingerprint density at radius 1 is 1.43 bits per heavy atom. The molecule has 0 N–H and O–H groups in total. The van der Waals surface area contributed by atoms with Crippen molar-refractivity contribution in [2.75, 3.05) is 13.6 Å². The normalized spacial score (nSPS) is 38.1. The lowest BCUT2D eigenvalue weighted by Crippen LogP contribution is -2.29. The Balaban J connectivity index is 1.88. The van der Waals surface area contributed by atoms with Gasteiger partial charge in [0.05, 0.1) is 0 Å². The number of hydrogen-bond donors (Lipinski definition) is 0. The van der Waals surface area contributed by atoms with Crippen LogP contribution >= 0.6 is 0 Å². The number of amides is 1. The van der Waals surface area contributed by atoms with E-state index in [9.17, 15) is 4.79 Å². The Kier molecular flexibility index (Phi) is 1.96. The van der Waals surface area contributed by atoms with Crippen molar-refractivity contribution in [3.63, 3.8) is 0 Å². The van der Waals surface area contributed by atoms with Crippen LogP contribution in [0.25, 0.3) is 0 Å². The second-order valence-corrected chi connectivity index (χ2v) is 5.55. The minimum atomic E-state index is 0.288.